The van der Waals surface area contributed by atoms with Gasteiger partial charge < -0.3 is 8.98 Å². The fraction of sp³-hybridized carbons (Fsp3) is 0.0250. The fourth-order valence-electron chi connectivity index (χ4n) is 6.53. The van der Waals surface area contributed by atoms with Crippen LogP contribution in [0.4, 0.5) is 0 Å². The second kappa shape index (κ2) is 10.00. The minimum atomic E-state index is 0.610. The first-order valence-corrected chi connectivity index (χ1v) is 15.0. The lowest BCUT2D eigenvalue weighted by molar-refractivity contribution is 0.669. The van der Waals surface area contributed by atoms with Gasteiger partial charge in [-0.3, -0.25) is 0 Å². The van der Waals surface area contributed by atoms with Crippen molar-refractivity contribution in [2.45, 2.75) is 6.92 Å². The average molecular weight is 579 g/mol. The number of fused-ring (bicyclic) bond motifs is 7. The van der Waals surface area contributed by atoms with Gasteiger partial charge in [0.25, 0.3) is 0 Å². The summed E-state index contributed by atoms with van der Waals surface area (Å²) in [6.07, 6.45) is 0. The van der Waals surface area contributed by atoms with E-state index in [2.05, 4.69) is 90.4 Å². The highest BCUT2D eigenvalue weighted by Crippen LogP contribution is 2.44. The minimum Gasteiger partial charge on any atom is -0.456 e. The van der Waals surface area contributed by atoms with Gasteiger partial charge in [0.05, 0.1) is 16.4 Å². The van der Waals surface area contributed by atoms with Gasteiger partial charge in [-0.1, -0.05) is 97.1 Å². The Morgan fingerprint density at radius 3 is 1.80 bits per heavy atom. The molecule has 0 unspecified atom stereocenters. The molecule has 0 fully saturated rings. The molecule has 0 saturated carbocycles. The number of nitrogens with zero attached hydrogens (tertiary/aromatic N) is 4. The molecule has 3 heterocycles. The SMILES string of the molecule is Cc1cc(-c2nc(-c3ccccc3)nc(-c3ccccc3)n2)c2c(c1)oc1ccc3c4ccccc4n(-c4ccccc4)c3c12. The molecule has 5 heteroatoms. The van der Waals surface area contributed by atoms with Crippen molar-refractivity contribution >= 4 is 43.7 Å². The van der Waals surface area contributed by atoms with Gasteiger partial charge in [0.15, 0.2) is 17.5 Å². The van der Waals surface area contributed by atoms with Gasteiger partial charge in [-0.15, -0.1) is 0 Å². The van der Waals surface area contributed by atoms with Gasteiger partial charge >= 0.3 is 0 Å². The smallest absolute Gasteiger partial charge is 0.164 e. The summed E-state index contributed by atoms with van der Waals surface area (Å²) < 4.78 is 8.99. The lowest BCUT2D eigenvalue weighted by atomic mass is 10.0. The summed E-state index contributed by atoms with van der Waals surface area (Å²) in [4.78, 5) is 15.2. The van der Waals surface area contributed by atoms with Crippen molar-refractivity contribution in [1.29, 1.82) is 0 Å². The third-order valence-corrected chi connectivity index (χ3v) is 8.47. The number of aromatic nitrogens is 4. The first-order valence-electron chi connectivity index (χ1n) is 15.0. The molecule has 0 spiro atoms. The van der Waals surface area contributed by atoms with E-state index in [9.17, 15) is 0 Å². The highest BCUT2D eigenvalue weighted by molar-refractivity contribution is 6.26. The Kier molecular flexibility index (Phi) is 5.65. The van der Waals surface area contributed by atoms with Crippen LogP contribution in [0.1, 0.15) is 5.56 Å². The van der Waals surface area contributed by atoms with Crippen LogP contribution in [0.15, 0.2) is 144 Å². The van der Waals surface area contributed by atoms with E-state index in [1.165, 1.54) is 10.8 Å². The quantitative estimate of drug-likeness (QED) is 0.208. The van der Waals surface area contributed by atoms with E-state index in [0.29, 0.717) is 17.5 Å². The standard InChI is InChI=1S/C40H26N4O/c1-25-23-31(40-42-38(26-13-5-2-6-14-26)41-39(43-40)27-15-7-3-8-16-27)35-34(24-25)45-33-22-21-30-29-19-11-12-20-32(29)44(37(30)36(33)35)28-17-9-4-10-18-28/h2-24H,1H3. The molecular weight excluding hydrogens is 552 g/mol. The van der Waals surface area contributed by atoms with Crippen molar-refractivity contribution in [2.75, 3.05) is 0 Å². The summed E-state index contributed by atoms with van der Waals surface area (Å²) in [5.74, 6) is 1.87. The second-order valence-corrected chi connectivity index (χ2v) is 11.3. The van der Waals surface area contributed by atoms with E-state index in [0.717, 1.165) is 60.9 Å². The minimum absolute atomic E-state index is 0.610. The van der Waals surface area contributed by atoms with Crippen molar-refractivity contribution in [3.63, 3.8) is 0 Å². The number of aryl methyl sites for hydroxylation is 1. The highest BCUT2D eigenvalue weighted by atomic mass is 16.3. The maximum atomic E-state index is 6.64. The largest absolute Gasteiger partial charge is 0.456 e. The van der Waals surface area contributed by atoms with Crippen molar-refractivity contribution < 1.29 is 4.42 Å². The van der Waals surface area contributed by atoms with Gasteiger partial charge in [-0.05, 0) is 55.0 Å². The zero-order valence-electron chi connectivity index (χ0n) is 24.5. The molecule has 0 amide bonds. The predicted octanol–water partition coefficient (Wildman–Crippen LogP) is 10.2. The van der Waals surface area contributed by atoms with Crippen LogP contribution in [-0.2, 0) is 0 Å². The van der Waals surface area contributed by atoms with E-state index in [-0.39, 0.29) is 0 Å². The fourth-order valence-corrected chi connectivity index (χ4v) is 6.53. The zero-order chi connectivity index (χ0) is 29.9. The second-order valence-electron chi connectivity index (χ2n) is 11.3. The van der Waals surface area contributed by atoms with Crippen LogP contribution in [0.25, 0.3) is 83.6 Å². The molecule has 45 heavy (non-hydrogen) atoms. The summed E-state index contributed by atoms with van der Waals surface area (Å²) >= 11 is 0. The van der Waals surface area contributed by atoms with Gasteiger partial charge in [0.1, 0.15) is 11.2 Å². The van der Waals surface area contributed by atoms with Gasteiger partial charge in [0, 0.05) is 38.5 Å². The highest BCUT2D eigenvalue weighted by Gasteiger charge is 2.23. The molecule has 9 rings (SSSR count). The predicted molar refractivity (Wildman–Crippen MR) is 182 cm³/mol. The number of rotatable bonds is 4. The molecule has 0 aliphatic heterocycles. The van der Waals surface area contributed by atoms with Crippen LogP contribution in [0, 0.1) is 6.92 Å². The van der Waals surface area contributed by atoms with Crippen molar-refractivity contribution in [3.8, 4) is 39.9 Å². The average Bonchev–Trinajstić information content (AvgIpc) is 3.64. The Morgan fingerprint density at radius 2 is 1.11 bits per heavy atom. The maximum absolute atomic E-state index is 6.64. The van der Waals surface area contributed by atoms with Crippen LogP contribution in [0.3, 0.4) is 0 Å². The van der Waals surface area contributed by atoms with Crippen LogP contribution in [-0.4, -0.2) is 19.5 Å². The summed E-state index contributed by atoms with van der Waals surface area (Å²) in [7, 11) is 0. The molecule has 0 aliphatic carbocycles. The Labute approximate surface area is 259 Å². The molecule has 0 saturated heterocycles. The first kappa shape index (κ1) is 25.4. The first-order chi connectivity index (χ1) is 22.2. The molecule has 0 aliphatic rings. The molecule has 0 bridgehead atoms. The van der Waals surface area contributed by atoms with E-state index >= 15 is 0 Å². The zero-order valence-corrected chi connectivity index (χ0v) is 24.5. The van der Waals surface area contributed by atoms with Crippen LogP contribution in [0.5, 0.6) is 0 Å². The lowest BCUT2D eigenvalue weighted by Gasteiger charge is -2.11. The van der Waals surface area contributed by atoms with Gasteiger partial charge in [0.2, 0.25) is 0 Å². The van der Waals surface area contributed by atoms with Crippen LogP contribution < -0.4 is 0 Å². The molecule has 3 aromatic heterocycles. The van der Waals surface area contributed by atoms with Gasteiger partial charge in [-0.25, -0.2) is 15.0 Å². The van der Waals surface area contributed by atoms with E-state index in [4.69, 9.17) is 19.4 Å². The Bertz CT molecular complexity index is 2470. The summed E-state index contributed by atoms with van der Waals surface area (Å²) in [6, 6.07) is 47.8. The monoisotopic (exact) mass is 578 g/mol. The number of para-hydroxylation sites is 2. The third-order valence-electron chi connectivity index (χ3n) is 8.47. The van der Waals surface area contributed by atoms with Crippen LogP contribution in [0.2, 0.25) is 0 Å². The molecule has 0 radical (unpaired) electrons. The van der Waals surface area contributed by atoms with Crippen molar-refractivity contribution in [1.82, 2.24) is 19.5 Å². The number of hydrogen-bond acceptors (Lipinski definition) is 4. The molecular formula is C40H26N4O. The third kappa shape index (κ3) is 4.05. The number of furan rings is 1. The van der Waals surface area contributed by atoms with E-state index in [1.807, 2.05) is 60.7 Å². The van der Waals surface area contributed by atoms with E-state index < -0.39 is 0 Å². The maximum Gasteiger partial charge on any atom is 0.164 e. The van der Waals surface area contributed by atoms with Crippen LogP contribution >= 0.6 is 0 Å². The summed E-state index contributed by atoms with van der Waals surface area (Å²) in [5.41, 5.74) is 8.83. The molecule has 6 aromatic carbocycles. The molecule has 5 nitrogen and oxygen atoms in total. The van der Waals surface area contributed by atoms with Crippen molar-refractivity contribution in [3.05, 3.63) is 145 Å². The topological polar surface area (TPSA) is 56.7 Å². The summed E-state index contributed by atoms with van der Waals surface area (Å²) in [5, 5.41) is 4.40. The normalized spacial score (nSPS) is 11.7. The lowest BCUT2D eigenvalue weighted by Crippen LogP contribution is -2.00. The van der Waals surface area contributed by atoms with Crippen molar-refractivity contribution in [2.24, 2.45) is 0 Å². The number of hydrogen-bond donors (Lipinski definition) is 0. The van der Waals surface area contributed by atoms with Gasteiger partial charge in [-0.2, -0.15) is 0 Å². The summed E-state index contributed by atoms with van der Waals surface area (Å²) in [6.45, 7) is 2.09. The molecule has 212 valence electrons. The Hall–Kier alpha value is -6.07. The van der Waals surface area contributed by atoms with E-state index in [1.54, 1.807) is 0 Å². The molecule has 9 aromatic rings. The molecule has 0 N–H and O–H groups in total. The Morgan fingerprint density at radius 1 is 0.511 bits per heavy atom. The number of benzene rings is 6. The Balaban J connectivity index is 1.43. The molecule has 0 atom stereocenters.